The number of anilines is 1. The third-order valence-corrected chi connectivity index (χ3v) is 7.74. The summed E-state index contributed by atoms with van der Waals surface area (Å²) in [6, 6.07) is 17.7. The highest BCUT2D eigenvalue weighted by atomic mass is 32.1. The SMILES string of the molecule is Cc1cccc(C2/C(=C(\O)c3ccc4c(c3)OCO4)C(=O)C(=O)N2c2nc3ccc(C(C)C)cc3s2)c1. The minimum absolute atomic E-state index is 0.0107. The third kappa shape index (κ3) is 3.84. The number of thiazole rings is 1. The van der Waals surface area contributed by atoms with Crippen LogP contribution < -0.4 is 14.4 Å². The summed E-state index contributed by atoms with van der Waals surface area (Å²) in [6.45, 7) is 6.27. The molecule has 4 aromatic rings. The zero-order chi connectivity index (χ0) is 25.8. The van der Waals surface area contributed by atoms with Crippen LogP contribution in [0.5, 0.6) is 11.5 Å². The second kappa shape index (κ2) is 8.74. The quantitative estimate of drug-likeness (QED) is 0.202. The van der Waals surface area contributed by atoms with Gasteiger partial charge in [0.1, 0.15) is 5.76 Å². The first kappa shape index (κ1) is 23.2. The minimum Gasteiger partial charge on any atom is -0.507 e. The Hall–Kier alpha value is -4.17. The largest absolute Gasteiger partial charge is 0.507 e. The van der Waals surface area contributed by atoms with Crippen LogP contribution in [0.3, 0.4) is 0 Å². The van der Waals surface area contributed by atoms with E-state index in [4.69, 9.17) is 14.5 Å². The van der Waals surface area contributed by atoms with Gasteiger partial charge in [0, 0.05) is 5.56 Å². The summed E-state index contributed by atoms with van der Waals surface area (Å²) < 4.78 is 11.8. The van der Waals surface area contributed by atoms with E-state index in [0.29, 0.717) is 33.7 Å². The Bertz CT molecular complexity index is 1620. The Morgan fingerprint density at radius 1 is 1.05 bits per heavy atom. The number of hydrogen-bond acceptors (Lipinski definition) is 7. The number of ketones is 1. The lowest BCUT2D eigenvalue weighted by atomic mass is 9.94. The van der Waals surface area contributed by atoms with E-state index >= 15 is 0 Å². The molecule has 2 aliphatic rings. The van der Waals surface area contributed by atoms with Gasteiger partial charge in [-0.25, -0.2) is 4.98 Å². The molecule has 7 nitrogen and oxygen atoms in total. The van der Waals surface area contributed by atoms with Gasteiger partial charge in [0.25, 0.3) is 5.78 Å². The molecule has 2 aliphatic heterocycles. The summed E-state index contributed by atoms with van der Waals surface area (Å²) in [6.07, 6.45) is 0. The molecule has 1 N–H and O–H groups in total. The van der Waals surface area contributed by atoms with Crippen LogP contribution >= 0.6 is 11.3 Å². The molecule has 1 saturated heterocycles. The molecule has 1 aromatic heterocycles. The number of fused-ring (bicyclic) bond motifs is 2. The number of aliphatic hydroxyl groups is 1. The van der Waals surface area contributed by atoms with Gasteiger partial charge < -0.3 is 14.6 Å². The molecule has 1 amide bonds. The fourth-order valence-corrected chi connectivity index (χ4v) is 5.82. The Labute approximate surface area is 217 Å². The number of amides is 1. The van der Waals surface area contributed by atoms with Crippen molar-refractivity contribution in [3.8, 4) is 11.5 Å². The molecular weight excluding hydrogens is 488 g/mol. The van der Waals surface area contributed by atoms with Crippen LogP contribution in [0.2, 0.25) is 0 Å². The summed E-state index contributed by atoms with van der Waals surface area (Å²) in [4.78, 5) is 33.1. The lowest BCUT2D eigenvalue weighted by molar-refractivity contribution is -0.132. The number of benzene rings is 3. The van der Waals surface area contributed by atoms with E-state index in [0.717, 1.165) is 15.8 Å². The predicted octanol–water partition coefficient (Wildman–Crippen LogP) is 6.08. The summed E-state index contributed by atoms with van der Waals surface area (Å²) in [5.41, 5.74) is 3.98. The van der Waals surface area contributed by atoms with Crippen molar-refractivity contribution in [2.75, 3.05) is 11.7 Å². The fraction of sp³-hybridized carbons (Fsp3) is 0.207. The zero-order valence-corrected chi connectivity index (χ0v) is 21.3. The van der Waals surface area contributed by atoms with Gasteiger partial charge in [-0.1, -0.05) is 61.1 Å². The van der Waals surface area contributed by atoms with Crippen LogP contribution in [0, 0.1) is 6.92 Å². The highest BCUT2D eigenvalue weighted by Crippen LogP contribution is 2.45. The Kier molecular flexibility index (Phi) is 5.49. The number of Topliss-reactive ketones (excluding diaryl/α,β-unsaturated/α-hetero) is 1. The number of nitrogens with zero attached hydrogens (tertiary/aromatic N) is 2. The van der Waals surface area contributed by atoms with Gasteiger partial charge in [-0.3, -0.25) is 14.5 Å². The van der Waals surface area contributed by atoms with E-state index in [9.17, 15) is 14.7 Å². The molecule has 37 heavy (non-hydrogen) atoms. The van der Waals surface area contributed by atoms with Gasteiger partial charge in [-0.2, -0.15) is 0 Å². The van der Waals surface area contributed by atoms with Gasteiger partial charge in [-0.05, 0) is 54.3 Å². The number of hydrogen-bond donors (Lipinski definition) is 1. The second-order valence-corrected chi connectivity index (χ2v) is 10.5. The van der Waals surface area contributed by atoms with E-state index in [1.54, 1.807) is 18.2 Å². The van der Waals surface area contributed by atoms with Crippen molar-refractivity contribution >= 4 is 44.1 Å². The van der Waals surface area contributed by atoms with Crippen LogP contribution in [0.1, 0.15) is 48.1 Å². The molecule has 1 fully saturated rings. The van der Waals surface area contributed by atoms with Crippen molar-refractivity contribution in [1.82, 2.24) is 4.98 Å². The molecule has 1 unspecified atom stereocenters. The number of aromatic nitrogens is 1. The molecule has 8 heteroatoms. The van der Waals surface area contributed by atoms with Crippen LogP contribution in [-0.2, 0) is 9.59 Å². The van der Waals surface area contributed by atoms with Crippen LogP contribution in [0.15, 0.2) is 66.2 Å². The molecule has 0 aliphatic carbocycles. The first-order valence-electron chi connectivity index (χ1n) is 12.0. The van der Waals surface area contributed by atoms with E-state index < -0.39 is 17.7 Å². The number of rotatable bonds is 4. The number of carbonyl (C=O) groups excluding carboxylic acids is 2. The van der Waals surface area contributed by atoms with Crippen molar-refractivity contribution in [1.29, 1.82) is 0 Å². The smallest absolute Gasteiger partial charge is 0.301 e. The molecule has 3 aromatic carbocycles. The number of ether oxygens (including phenoxy) is 2. The van der Waals surface area contributed by atoms with Crippen molar-refractivity contribution in [2.45, 2.75) is 32.7 Å². The van der Waals surface area contributed by atoms with E-state index in [1.165, 1.54) is 21.8 Å². The molecule has 3 heterocycles. The number of aliphatic hydroxyl groups excluding tert-OH is 1. The maximum absolute atomic E-state index is 13.5. The predicted molar refractivity (Wildman–Crippen MR) is 142 cm³/mol. The molecule has 1 atom stereocenters. The Balaban J connectivity index is 1.53. The molecule has 0 saturated carbocycles. The van der Waals surface area contributed by atoms with Gasteiger partial charge in [-0.15, -0.1) is 0 Å². The zero-order valence-electron chi connectivity index (χ0n) is 20.5. The maximum atomic E-state index is 13.5. The monoisotopic (exact) mass is 512 g/mol. The van der Waals surface area contributed by atoms with E-state index in [1.807, 2.05) is 43.3 Å². The van der Waals surface area contributed by atoms with Crippen molar-refractivity contribution < 1.29 is 24.2 Å². The summed E-state index contributed by atoms with van der Waals surface area (Å²) >= 11 is 1.36. The lowest BCUT2D eigenvalue weighted by Crippen LogP contribution is -2.29. The maximum Gasteiger partial charge on any atom is 0.301 e. The Morgan fingerprint density at radius 3 is 2.65 bits per heavy atom. The molecule has 6 rings (SSSR count). The van der Waals surface area contributed by atoms with Gasteiger partial charge >= 0.3 is 5.91 Å². The molecule has 0 radical (unpaired) electrons. The van der Waals surface area contributed by atoms with Crippen LogP contribution in [0.4, 0.5) is 5.13 Å². The summed E-state index contributed by atoms with van der Waals surface area (Å²) in [5.74, 6) is -0.382. The van der Waals surface area contributed by atoms with Crippen LogP contribution in [-0.4, -0.2) is 28.6 Å². The Morgan fingerprint density at radius 2 is 1.86 bits per heavy atom. The lowest BCUT2D eigenvalue weighted by Gasteiger charge is -2.23. The summed E-state index contributed by atoms with van der Waals surface area (Å²) in [7, 11) is 0. The van der Waals surface area contributed by atoms with Gasteiger partial charge in [0.2, 0.25) is 6.79 Å². The first-order chi connectivity index (χ1) is 17.8. The highest BCUT2D eigenvalue weighted by Gasteiger charge is 2.48. The standard InChI is InChI=1S/C29H24N2O5S/c1-15(2)17-7-9-20-23(13-17)37-29(30-20)31-25(18-6-4-5-16(3)11-18)24(27(33)28(31)34)26(32)19-8-10-21-22(12-19)36-14-35-21/h4-13,15,25,32H,14H2,1-3H3/b26-24+. The van der Waals surface area contributed by atoms with Crippen LogP contribution in [0.25, 0.3) is 16.0 Å². The third-order valence-electron chi connectivity index (χ3n) is 6.72. The average molecular weight is 513 g/mol. The van der Waals surface area contributed by atoms with E-state index in [-0.39, 0.29) is 18.1 Å². The minimum atomic E-state index is -0.838. The van der Waals surface area contributed by atoms with Gasteiger partial charge in [0.05, 0.1) is 21.8 Å². The summed E-state index contributed by atoms with van der Waals surface area (Å²) in [5, 5.41) is 11.8. The second-order valence-electron chi connectivity index (χ2n) is 9.53. The molecule has 186 valence electrons. The highest BCUT2D eigenvalue weighted by molar-refractivity contribution is 7.22. The van der Waals surface area contributed by atoms with Crippen molar-refractivity contribution in [2.24, 2.45) is 0 Å². The number of aryl methyl sites for hydroxylation is 1. The normalized spacial score (nSPS) is 18.4. The van der Waals surface area contributed by atoms with Gasteiger partial charge in [0.15, 0.2) is 16.6 Å². The fourth-order valence-electron chi connectivity index (χ4n) is 4.78. The first-order valence-corrected chi connectivity index (χ1v) is 12.8. The van der Waals surface area contributed by atoms with E-state index in [2.05, 4.69) is 19.9 Å². The molecule has 0 spiro atoms. The topological polar surface area (TPSA) is 89.0 Å². The molecular formula is C29H24N2O5S. The van der Waals surface area contributed by atoms with Crippen molar-refractivity contribution in [3.05, 3.63) is 88.5 Å². The van der Waals surface area contributed by atoms with Crippen molar-refractivity contribution in [3.63, 3.8) is 0 Å². The number of carbonyl (C=O) groups is 2. The average Bonchev–Trinajstić information content (AvgIpc) is 3.59. The molecule has 0 bridgehead atoms.